The van der Waals surface area contributed by atoms with E-state index in [0.29, 0.717) is 38.0 Å². The Labute approximate surface area is 146 Å². The first-order valence-corrected chi connectivity index (χ1v) is 7.72. The number of hydrogen-bond donors (Lipinski definition) is 0. The molecule has 3 aromatic rings. The van der Waals surface area contributed by atoms with Crippen molar-refractivity contribution in [2.24, 2.45) is 0 Å². The molecule has 2 aromatic carbocycles. The summed E-state index contributed by atoms with van der Waals surface area (Å²) in [6.07, 6.45) is 0. The molecule has 0 amide bonds. The fraction of sp³-hybridized carbons (Fsp3) is 0.0714. The third kappa shape index (κ3) is 3.06. The van der Waals surface area contributed by atoms with E-state index in [1.165, 1.54) is 0 Å². The van der Waals surface area contributed by atoms with Crippen LogP contribution in [0.4, 0.5) is 0 Å². The molecule has 1 aromatic heterocycles. The number of hydrogen-bond acceptors (Lipinski definition) is 3. The molecule has 0 aliphatic carbocycles. The largest absolute Gasteiger partial charge is 0.221 e. The van der Waals surface area contributed by atoms with Gasteiger partial charge in [-0.25, -0.2) is 4.68 Å². The lowest BCUT2D eigenvalue weighted by Crippen LogP contribution is -2.05. The Morgan fingerprint density at radius 1 is 0.955 bits per heavy atom. The van der Waals surface area contributed by atoms with E-state index in [9.17, 15) is 0 Å². The quantitative estimate of drug-likeness (QED) is 0.648. The van der Waals surface area contributed by atoms with Crippen LogP contribution in [0.1, 0.15) is 5.56 Å². The smallest absolute Gasteiger partial charge is 0.183 e. The van der Waals surface area contributed by atoms with Gasteiger partial charge in [0.1, 0.15) is 0 Å². The van der Waals surface area contributed by atoms with Crippen LogP contribution in [0.25, 0.3) is 11.4 Å². The standard InChI is InChI=1S/C14H8Cl4N4/c15-9-4-5-11(16)8(6-9)7-22-14(19-20-21-22)10-2-1-3-12(17)13(10)18/h1-6H,7H2. The Kier molecular flexibility index (Phi) is 4.54. The minimum Gasteiger partial charge on any atom is -0.221 e. The van der Waals surface area contributed by atoms with Gasteiger partial charge in [0.25, 0.3) is 0 Å². The van der Waals surface area contributed by atoms with Gasteiger partial charge < -0.3 is 0 Å². The zero-order valence-corrected chi connectivity index (χ0v) is 14.0. The topological polar surface area (TPSA) is 43.6 Å². The number of nitrogens with zero attached hydrogens (tertiary/aromatic N) is 4. The molecule has 112 valence electrons. The fourth-order valence-corrected chi connectivity index (χ4v) is 2.76. The van der Waals surface area contributed by atoms with Crippen LogP contribution in [-0.4, -0.2) is 20.2 Å². The van der Waals surface area contributed by atoms with Crippen molar-refractivity contribution in [3.05, 3.63) is 62.1 Å². The van der Waals surface area contributed by atoms with Crippen molar-refractivity contribution in [3.8, 4) is 11.4 Å². The summed E-state index contributed by atoms with van der Waals surface area (Å²) in [4.78, 5) is 0. The predicted molar refractivity (Wildman–Crippen MR) is 88.8 cm³/mol. The summed E-state index contributed by atoms with van der Waals surface area (Å²) in [7, 11) is 0. The van der Waals surface area contributed by atoms with Crippen molar-refractivity contribution in [1.29, 1.82) is 0 Å². The summed E-state index contributed by atoms with van der Waals surface area (Å²) in [5, 5.41) is 13.7. The summed E-state index contributed by atoms with van der Waals surface area (Å²) < 4.78 is 1.59. The molecule has 8 heteroatoms. The predicted octanol–water partition coefficient (Wildman–Crippen LogP) is 5.00. The minimum absolute atomic E-state index is 0.366. The molecule has 0 fully saturated rings. The zero-order valence-electron chi connectivity index (χ0n) is 11.0. The molecule has 3 rings (SSSR count). The van der Waals surface area contributed by atoms with Crippen LogP contribution in [0, 0.1) is 0 Å². The van der Waals surface area contributed by atoms with Crippen molar-refractivity contribution in [2.45, 2.75) is 6.54 Å². The molecular weight excluding hydrogens is 366 g/mol. The molecule has 0 unspecified atom stereocenters. The number of rotatable bonds is 3. The van der Waals surface area contributed by atoms with E-state index in [1.807, 2.05) is 0 Å². The van der Waals surface area contributed by atoms with E-state index in [2.05, 4.69) is 15.5 Å². The normalized spacial score (nSPS) is 10.9. The highest BCUT2D eigenvalue weighted by atomic mass is 35.5. The van der Waals surface area contributed by atoms with Crippen LogP contribution < -0.4 is 0 Å². The number of benzene rings is 2. The van der Waals surface area contributed by atoms with Gasteiger partial charge in [-0.05, 0) is 46.3 Å². The molecule has 4 nitrogen and oxygen atoms in total. The fourth-order valence-electron chi connectivity index (χ4n) is 2.01. The lowest BCUT2D eigenvalue weighted by molar-refractivity contribution is 0.653. The highest BCUT2D eigenvalue weighted by Crippen LogP contribution is 2.32. The Hall–Kier alpha value is -1.33. The van der Waals surface area contributed by atoms with Gasteiger partial charge in [-0.2, -0.15) is 0 Å². The molecule has 0 radical (unpaired) electrons. The number of halogens is 4. The van der Waals surface area contributed by atoms with Crippen molar-refractivity contribution in [2.75, 3.05) is 0 Å². The van der Waals surface area contributed by atoms with Crippen LogP contribution >= 0.6 is 46.4 Å². The van der Waals surface area contributed by atoms with Crippen molar-refractivity contribution >= 4 is 46.4 Å². The van der Waals surface area contributed by atoms with Crippen LogP contribution in [0.3, 0.4) is 0 Å². The summed E-state index contributed by atoms with van der Waals surface area (Å²) in [5.41, 5.74) is 1.46. The highest BCUT2D eigenvalue weighted by Gasteiger charge is 2.15. The molecule has 0 bridgehead atoms. The van der Waals surface area contributed by atoms with Gasteiger partial charge in [0.2, 0.25) is 0 Å². The van der Waals surface area contributed by atoms with Crippen LogP contribution in [-0.2, 0) is 6.54 Å². The van der Waals surface area contributed by atoms with Gasteiger partial charge in [0.05, 0.1) is 16.6 Å². The first-order chi connectivity index (χ1) is 10.6. The van der Waals surface area contributed by atoms with Gasteiger partial charge in [0, 0.05) is 15.6 Å². The first-order valence-electron chi connectivity index (χ1n) is 6.20. The second-order valence-corrected chi connectivity index (χ2v) is 6.13. The van der Waals surface area contributed by atoms with Gasteiger partial charge in [-0.1, -0.05) is 52.5 Å². The molecular formula is C14H8Cl4N4. The van der Waals surface area contributed by atoms with E-state index in [0.717, 1.165) is 5.56 Å². The van der Waals surface area contributed by atoms with E-state index in [-0.39, 0.29) is 0 Å². The van der Waals surface area contributed by atoms with E-state index in [1.54, 1.807) is 41.1 Å². The molecule has 22 heavy (non-hydrogen) atoms. The Morgan fingerprint density at radius 2 is 1.77 bits per heavy atom. The van der Waals surface area contributed by atoms with E-state index in [4.69, 9.17) is 46.4 Å². The monoisotopic (exact) mass is 372 g/mol. The molecule has 1 heterocycles. The molecule has 0 spiro atoms. The lowest BCUT2D eigenvalue weighted by atomic mass is 10.2. The Bertz CT molecular complexity index is 831. The van der Waals surface area contributed by atoms with Crippen LogP contribution in [0.2, 0.25) is 20.1 Å². The second kappa shape index (κ2) is 6.42. The van der Waals surface area contributed by atoms with Gasteiger partial charge in [-0.15, -0.1) is 5.10 Å². The lowest BCUT2D eigenvalue weighted by Gasteiger charge is -2.08. The molecule has 0 saturated carbocycles. The van der Waals surface area contributed by atoms with Gasteiger partial charge >= 0.3 is 0 Å². The molecule has 0 aliphatic heterocycles. The molecule has 0 atom stereocenters. The van der Waals surface area contributed by atoms with E-state index >= 15 is 0 Å². The van der Waals surface area contributed by atoms with Crippen LogP contribution in [0.5, 0.6) is 0 Å². The van der Waals surface area contributed by atoms with Crippen molar-refractivity contribution in [3.63, 3.8) is 0 Å². The maximum Gasteiger partial charge on any atom is 0.183 e. The maximum absolute atomic E-state index is 6.23. The average Bonchev–Trinajstić information content (AvgIpc) is 2.94. The summed E-state index contributed by atoms with van der Waals surface area (Å²) in [5.74, 6) is 0.503. The van der Waals surface area contributed by atoms with E-state index < -0.39 is 0 Å². The first kappa shape index (κ1) is 15.6. The summed E-state index contributed by atoms with van der Waals surface area (Å²) in [6, 6.07) is 10.5. The Morgan fingerprint density at radius 3 is 2.59 bits per heavy atom. The zero-order chi connectivity index (χ0) is 15.7. The average molecular weight is 374 g/mol. The highest BCUT2D eigenvalue weighted by molar-refractivity contribution is 6.43. The molecule has 0 N–H and O–H groups in total. The van der Waals surface area contributed by atoms with Crippen molar-refractivity contribution < 1.29 is 0 Å². The summed E-state index contributed by atoms with van der Waals surface area (Å²) >= 11 is 24.5. The van der Waals surface area contributed by atoms with Crippen LogP contribution in [0.15, 0.2) is 36.4 Å². The van der Waals surface area contributed by atoms with Gasteiger partial charge in [0.15, 0.2) is 5.82 Å². The Balaban J connectivity index is 2.03. The second-order valence-electron chi connectivity index (χ2n) is 4.50. The molecule has 0 saturated heterocycles. The van der Waals surface area contributed by atoms with Gasteiger partial charge in [-0.3, -0.25) is 0 Å². The number of tetrazole rings is 1. The van der Waals surface area contributed by atoms with Crippen molar-refractivity contribution in [1.82, 2.24) is 20.2 Å². The number of aromatic nitrogens is 4. The SMILES string of the molecule is Clc1ccc(Cl)c(Cn2nnnc2-c2cccc(Cl)c2Cl)c1. The maximum atomic E-state index is 6.23. The minimum atomic E-state index is 0.366. The third-order valence-corrected chi connectivity index (χ3v) is 4.48. The summed E-state index contributed by atoms with van der Waals surface area (Å²) in [6.45, 7) is 0.366. The molecule has 0 aliphatic rings. The third-order valence-electron chi connectivity index (χ3n) is 3.05.